The highest BCUT2D eigenvalue weighted by molar-refractivity contribution is 7.09. The Morgan fingerprint density at radius 3 is 2.67 bits per heavy atom. The summed E-state index contributed by atoms with van der Waals surface area (Å²) in [6.45, 7) is 8.45. The normalized spacial score (nSPS) is 11.4. The minimum absolute atomic E-state index is 0.00480. The van der Waals surface area contributed by atoms with Gasteiger partial charge in [0.15, 0.2) is 0 Å². The van der Waals surface area contributed by atoms with Crippen molar-refractivity contribution < 1.29 is 14.6 Å². The molecule has 1 aromatic heterocycles. The first-order chi connectivity index (χ1) is 9.77. The highest BCUT2D eigenvalue weighted by Crippen LogP contribution is 2.26. The number of hydrogen-bond acceptors (Lipinski definition) is 4. The number of thiazole rings is 1. The van der Waals surface area contributed by atoms with Gasteiger partial charge in [-0.3, -0.25) is 0 Å². The summed E-state index contributed by atoms with van der Waals surface area (Å²) in [5.41, 5.74) is 2.10. The Morgan fingerprint density at radius 2 is 2.10 bits per heavy atom. The van der Waals surface area contributed by atoms with Gasteiger partial charge in [0.25, 0.3) is 0 Å². The molecule has 2 aromatic rings. The zero-order valence-corrected chi connectivity index (χ0v) is 13.5. The van der Waals surface area contributed by atoms with E-state index in [9.17, 15) is 9.90 Å². The van der Waals surface area contributed by atoms with Crippen molar-refractivity contribution in [3.8, 4) is 5.75 Å². The van der Waals surface area contributed by atoms with Crippen LogP contribution in [0.1, 0.15) is 47.4 Å². The van der Waals surface area contributed by atoms with Crippen LogP contribution >= 0.6 is 11.3 Å². The van der Waals surface area contributed by atoms with E-state index in [1.165, 1.54) is 11.3 Å². The van der Waals surface area contributed by atoms with E-state index in [4.69, 9.17) is 4.74 Å². The van der Waals surface area contributed by atoms with E-state index in [1.54, 1.807) is 12.1 Å². The Bertz CT molecular complexity index is 656. The number of aromatic carboxylic acids is 1. The van der Waals surface area contributed by atoms with Crippen LogP contribution in [0.15, 0.2) is 23.6 Å². The smallest absolute Gasteiger partial charge is 0.339 e. The van der Waals surface area contributed by atoms with Crippen molar-refractivity contribution in [2.45, 2.75) is 39.7 Å². The molecule has 4 nitrogen and oxygen atoms in total. The fraction of sp³-hybridized carbons (Fsp3) is 0.375. The molecule has 1 N–H and O–H groups in total. The Kier molecular flexibility index (Phi) is 4.32. The van der Waals surface area contributed by atoms with Gasteiger partial charge in [-0.25, -0.2) is 9.78 Å². The number of carbonyl (C=O) groups is 1. The van der Waals surface area contributed by atoms with Crippen LogP contribution in [0, 0.1) is 6.92 Å². The van der Waals surface area contributed by atoms with E-state index in [1.807, 2.05) is 18.4 Å². The van der Waals surface area contributed by atoms with E-state index < -0.39 is 5.97 Å². The van der Waals surface area contributed by atoms with Crippen LogP contribution in [-0.4, -0.2) is 16.1 Å². The second-order valence-electron chi connectivity index (χ2n) is 5.97. The van der Waals surface area contributed by atoms with E-state index in [2.05, 4.69) is 25.8 Å². The lowest BCUT2D eigenvalue weighted by Crippen LogP contribution is -2.11. The van der Waals surface area contributed by atoms with E-state index in [-0.39, 0.29) is 17.6 Å². The van der Waals surface area contributed by atoms with Crippen molar-refractivity contribution in [3.05, 3.63) is 45.4 Å². The molecular weight excluding hydrogens is 286 g/mol. The highest BCUT2D eigenvalue weighted by Gasteiger charge is 2.18. The monoisotopic (exact) mass is 305 g/mol. The molecule has 0 saturated carbocycles. The molecule has 0 aliphatic carbocycles. The second-order valence-corrected chi connectivity index (χ2v) is 6.91. The molecule has 0 aliphatic heterocycles. The first-order valence-corrected chi connectivity index (χ1v) is 7.57. The summed E-state index contributed by atoms with van der Waals surface area (Å²) in [7, 11) is 0. The fourth-order valence-corrected chi connectivity index (χ4v) is 2.73. The topological polar surface area (TPSA) is 59.4 Å². The molecule has 0 atom stereocenters. The zero-order chi connectivity index (χ0) is 15.6. The summed E-state index contributed by atoms with van der Waals surface area (Å²) < 4.78 is 5.63. The van der Waals surface area contributed by atoms with E-state index in [0.29, 0.717) is 5.75 Å². The van der Waals surface area contributed by atoms with Gasteiger partial charge >= 0.3 is 5.97 Å². The molecule has 0 fully saturated rings. The summed E-state index contributed by atoms with van der Waals surface area (Å²) in [4.78, 5) is 15.8. The third-order valence-electron chi connectivity index (χ3n) is 3.04. The van der Waals surface area contributed by atoms with Crippen molar-refractivity contribution in [3.63, 3.8) is 0 Å². The number of carboxylic acid groups (broad SMARTS) is 1. The molecule has 112 valence electrons. The van der Waals surface area contributed by atoms with Crippen molar-refractivity contribution in [2.75, 3.05) is 0 Å². The van der Waals surface area contributed by atoms with Crippen molar-refractivity contribution in [1.82, 2.24) is 4.98 Å². The molecule has 21 heavy (non-hydrogen) atoms. The maximum Gasteiger partial charge on any atom is 0.339 e. The summed E-state index contributed by atoms with van der Waals surface area (Å²) in [5, 5.41) is 12.1. The number of aromatic nitrogens is 1. The summed E-state index contributed by atoms with van der Waals surface area (Å²) >= 11 is 1.53. The molecule has 5 heteroatoms. The van der Waals surface area contributed by atoms with E-state index >= 15 is 0 Å². The van der Waals surface area contributed by atoms with Gasteiger partial charge in [-0.1, -0.05) is 32.4 Å². The second kappa shape index (κ2) is 5.85. The molecule has 1 aromatic carbocycles. The number of ether oxygens (including phenoxy) is 1. The summed E-state index contributed by atoms with van der Waals surface area (Å²) in [5.74, 6) is -0.608. The largest absolute Gasteiger partial charge is 0.486 e. The first kappa shape index (κ1) is 15.5. The molecule has 0 amide bonds. The van der Waals surface area contributed by atoms with Crippen LogP contribution in [0.2, 0.25) is 0 Å². The lowest BCUT2D eigenvalue weighted by molar-refractivity contribution is 0.0691. The molecular formula is C16H19NO3S. The van der Waals surface area contributed by atoms with Gasteiger partial charge < -0.3 is 9.84 Å². The predicted octanol–water partition coefficient (Wildman–Crippen LogP) is 4.03. The third kappa shape index (κ3) is 3.82. The quantitative estimate of drug-likeness (QED) is 0.926. The van der Waals surface area contributed by atoms with Crippen LogP contribution in [0.4, 0.5) is 0 Å². The Morgan fingerprint density at radius 1 is 1.38 bits per heavy atom. The molecule has 0 bridgehead atoms. The van der Waals surface area contributed by atoms with Gasteiger partial charge in [-0.15, -0.1) is 11.3 Å². The lowest BCUT2D eigenvalue weighted by Gasteiger charge is -2.14. The maximum absolute atomic E-state index is 11.2. The highest BCUT2D eigenvalue weighted by atomic mass is 32.1. The number of rotatable bonds is 4. The number of nitrogens with zero attached hydrogens (tertiary/aromatic N) is 1. The summed E-state index contributed by atoms with van der Waals surface area (Å²) in [6.07, 6.45) is 0. The van der Waals surface area contributed by atoms with Gasteiger partial charge in [0.05, 0.1) is 5.69 Å². The average Bonchev–Trinajstić information content (AvgIpc) is 2.85. The Hall–Kier alpha value is -1.88. The van der Waals surface area contributed by atoms with Crippen molar-refractivity contribution in [1.29, 1.82) is 0 Å². The zero-order valence-electron chi connectivity index (χ0n) is 12.6. The SMILES string of the molecule is Cc1ccc(OCc2nc(C(C)(C)C)cs2)c(C(=O)O)c1. The number of benzene rings is 1. The molecule has 2 rings (SSSR count). The van der Waals surface area contributed by atoms with Crippen molar-refractivity contribution >= 4 is 17.3 Å². The third-order valence-corrected chi connectivity index (χ3v) is 3.86. The van der Waals surface area contributed by atoms with Crippen LogP contribution in [0.25, 0.3) is 0 Å². The average molecular weight is 305 g/mol. The Labute approximate surface area is 128 Å². The van der Waals surface area contributed by atoms with Gasteiger partial charge in [-0.05, 0) is 19.1 Å². The van der Waals surface area contributed by atoms with Gasteiger partial charge in [-0.2, -0.15) is 0 Å². The number of carboxylic acids is 1. The van der Waals surface area contributed by atoms with Gasteiger partial charge in [0.2, 0.25) is 0 Å². The standard InChI is InChI=1S/C16H19NO3S/c1-10-5-6-12(11(7-10)15(18)19)20-8-14-17-13(9-21-14)16(2,3)4/h5-7,9H,8H2,1-4H3,(H,18,19). The minimum Gasteiger partial charge on any atom is -0.486 e. The van der Waals surface area contributed by atoms with Crippen LogP contribution < -0.4 is 4.74 Å². The van der Waals surface area contributed by atoms with Gasteiger partial charge in [0.1, 0.15) is 22.9 Å². The molecule has 0 radical (unpaired) electrons. The van der Waals surface area contributed by atoms with Crippen LogP contribution in [-0.2, 0) is 12.0 Å². The van der Waals surface area contributed by atoms with E-state index in [0.717, 1.165) is 16.3 Å². The maximum atomic E-state index is 11.2. The number of aryl methyl sites for hydroxylation is 1. The predicted molar refractivity (Wildman–Crippen MR) is 83.3 cm³/mol. The number of hydrogen-bond donors (Lipinski definition) is 1. The summed E-state index contributed by atoms with van der Waals surface area (Å²) in [6, 6.07) is 5.14. The molecule has 0 aliphatic rings. The van der Waals surface area contributed by atoms with Crippen molar-refractivity contribution in [2.24, 2.45) is 0 Å². The minimum atomic E-state index is -0.983. The van der Waals surface area contributed by atoms with Crippen LogP contribution in [0.5, 0.6) is 5.75 Å². The molecule has 0 spiro atoms. The van der Waals surface area contributed by atoms with Crippen LogP contribution in [0.3, 0.4) is 0 Å². The van der Waals surface area contributed by atoms with Gasteiger partial charge in [0, 0.05) is 10.8 Å². The fourth-order valence-electron chi connectivity index (χ4n) is 1.80. The first-order valence-electron chi connectivity index (χ1n) is 6.69. The Balaban J connectivity index is 2.13. The molecule has 1 heterocycles. The molecule has 0 unspecified atom stereocenters. The molecule has 0 saturated heterocycles. The lowest BCUT2D eigenvalue weighted by atomic mass is 9.93.